The van der Waals surface area contributed by atoms with Crippen molar-refractivity contribution in [1.82, 2.24) is 30.3 Å². The van der Waals surface area contributed by atoms with Crippen molar-refractivity contribution in [3.63, 3.8) is 0 Å². The first-order chi connectivity index (χ1) is 12.7. The van der Waals surface area contributed by atoms with E-state index in [-0.39, 0.29) is 11.9 Å². The number of nitrogens with zero attached hydrogens (tertiary/aromatic N) is 4. The molecule has 3 amide bonds. The van der Waals surface area contributed by atoms with Crippen LogP contribution in [0.3, 0.4) is 0 Å². The average Bonchev–Trinajstić information content (AvgIpc) is 3.04. The third-order valence-corrected chi connectivity index (χ3v) is 5.05. The number of halogens is 1. The SMILES string of the molecule is CNC(=O)NC(=O)[C@H](C)Sc1nnc([C@H](C)N(C)C)n1-c1ccc(F)cc1. The monoisotopic (exact) mass is 394 g/mol. The maximum absolute atomic E-state index is 13.3. The Kier molecular flexibility index (Phi) is 6.92. The number of nitrogens with one attached hydrogen (secondary N) is 2. The molecule has 0 aliphatic heterocycles. The third kappa shape index (κ3) is 5.04. The molecule has 8 nitrogen and oxygen atoms in total. The predicted octanol–water partition coefficient (Wildman–Crippen LogP) is 1.97. The van der Waals surface area contributed by atoms with Gasteiger partial charge >= 0.3 is 6.03 Å². The van der Waals surface area contributed by atoms with Crippen molar-refractivity contribution in [2.24, 2.45) is 0 Å². The van der Waals surface area contributed by atoms with Crippen LogP contribution in [-0.4, -0.2) is 58.0 Å². The van der Waals surface area contributed by atoms with Crippen LogP contribution in [0.15, 0.2) is 29.4 Å². The molecule has 0 saturated heterocycles. The van der Waals surface area contributed by atoms with E-state index in [4.69, 9.17) is 0 Å². The molecular weight excluding hydrogens is 371 g/mol. The van der Waals surface area contributed by atoms with Gasteiger partial charge in [-0.1, -0.05) is 11.8 Å². The lowest BCUT2D eigenvalue weighted by atomic mass is 10.2. The van der Waals surface area contributed by atoms with Gasteiger partial charge in [0, 0.05) is 12.7 Å². The van der Waals surface area contributed by atoms with E-state index in [0.717, 1.165) is 11.8 Å². The van der Waals surface area contributed by atoms with Crippen LogP contribution in [0.2, 0.25) is 0 Å². The number of imide groups is 1. The van der Waals surface area contributed by atoms with E-state index in [0.29, 0.717) is 16.7 Å². The van der Waals surface area contributed by atoms with Crippen molar-refractivity contribution in [3.05, 3.63) is 35.9 Å². The van der Waals surface area contributed by atoms with E-state index in [9.17, 15) is 14.0 Å². The molecule has 0 aliphatic rings. The van der Waals surface area contributed by atoms with Crippen LogP contribution in [0.25, 0.3) is 5.69 Å². The number of thioether (sulfide) groups is 1. The topological polar surface area (TPSA) is 92.2 Å². The van der Waals surface area contributed by atoms with Crippen molar-refractivity contribution in [1.29, 1.82) is 0 Å². The summed E-state index contributed by atoms with van der Waals surface area (Å²) in [5.74, 6) is -0.134. The van der Waals surface area contributed by atoms with Gasteiger partial charge in [0.25, 0.3) is 0 Å². The van der Waals surface area contributed by atoms with Crippen LogP contribution >= 0.6 is 11.8 Å². The highest BCUT2D eigenvalue weighted by atomic mass is 32.2. The maximum Gasteiger partial charge on any atom is 0.321 e. The molecule has 27 heavy (non-hydrogen) atoms. The molecule has 1 heterocycles. The van der Waals surface area contributed by atoms with E-state index in [1.165, 1.54) is 19.2 Å². The summed E-state index contributed by atoms with van der Waals surface area (Å²) < 4.78 is 15.1. The predicted molar refractivity (Wildman–Crippen MR) is 101 cm³/mol. The fraction of sp³-hybridized carbons (Fsp3) is 0.412. The summed E-state index contributed by atoms with van der Waals surface area (Å²) in [7, 11) is 5.27. The van der Waals surface area contributed by atoms with E-state index in [2.05, 4.69) is 20.8 Å². The molecule has 2 atom stereocenters. The van der Waals surface area contributed by atoms with Crippen molar-refractivity contribution in [2.45, 2.75) is 30.3 Å². The lowest BCUT2D eigenvalue weighted by Gasteiger charge is -2.21. The number of benzene rings is 1. The molecule has 0 spiro atoms. The number of carbonyl (C=O) groups excluding carboxylic acids is 2. The van der Waals surface area contributed by atoms with Gasteiger partial charge in [0.2, 0.25) is 5.91 Å². The molecule has 10 heteroatoms. The molecule has 2 rings (SSSR count). The normalized spacial score (nSPS) is 13.3. The van der Waals surface area contributed by atoms with Crippen LogP contribution in [0, 0.1) is 5.82 Å². The molecule has 0 saturated carbocycles. The summed E-state index contributed by atoms with van der Waals surface area (Å²) in [6, 6.07) is 5.33. The van der Waals surface area contributed by atoms with E-state index in [1.807, 2.05) is 25.9 Å². The number of hydrogen-bond donors (Lipinski definition) is 2. The number of amides is 3. The first-order valence-electron chi connectivity index (χ1n) is 8.31. The fourth-order valence-corrected chi connectivity index (χ4v) is 3.05. The van der Waals surface area contributed by atoms with Gasteiger partial charge in [-0.25, -0.2) is 9.18 Å². The van der Waals surface area contributed by atoms with Crippen LogP contribution < -0.4 is 10.6 Å². The summed E-state index contributed by atoms with van der Waals surface area (Å²) in [5, 5.41) is 12.9. The Morgan fingerprint density at radius 2 is 1.81 bits per heavy atom. The van der Waals surface area contributed by atoms with Gasteiger partial charge in [0.1, 0.15) is 5.82 Å². The van der Waals surface area contributed by atoms with Gasteiger partial charge in [-0.05, 0) is 52.2 Å². The molecule has 2 N–H and O–H groups in total. The number of aromatic nitrogens is 3. The number of urea groups is 1. The van der Waals surface area contributed by atoms with E-state index in [1.54, 1.807) is 23.6 Å². The van der Waals surface area contributed by atoms with Gasteiger partial charge < -0.3 is 5.32 Å². The molecule has 0 fully saturated rings. The third-order valence-electron chi connectivity index (χ3n) is 4.01. The van der Waals surface area contributed by atoms with Crippen molar-refractivity contribution < 1.29 is 14.0 Å². The molecule has 0 bridgehead atoms. The lowest BCUT2D eigenvalue weighted by molar-refractivity contribution is -0.119. The summed E-state index contributed by atoms with van der Waals surface area (Å²) in [4.78, 5) is 25.5. The second-order valence-electron chi connectivity index (χ2n) is 6.12. The summed E-state index contributed by atoms with van der Waals surface area (Å²) in [6.07, 6.45) is 0. The Bertz CT molecular complexity index is 808. The Balaban J connectivity index is 2.37. The van der Waals surface area contributed by atoms with Crippen molar-refractivity contribution >= 4 is 23.7 Å². The first kappa shape index (κ1) is 20.8. The Hall–Kier alpha value is -2.46. The van der Waals surface area contributed by atoms with Gasteiger partial charge in [0.05, 0.1) is 11.3 Å². The largest absolute Gasteiger partial charge is 0.341 e. The number of carbonyl (C=O) groups is 2. The van der Waals surface area contributed by atoms with E-state index >= 15 is 0 Å². The van der Waals surface area contributed by atoms with Gasteiger partial charge in [-0.2, -0.15) is 0 Å². The molecule has 2 aromatic rings. The summed E-state index contributed by atoms with van der Waals surface area (Å²) >= 11 is 1.16. The molecule has 0 unspecified atom stereocenters. The highest BCUT2D eigenvalue weighted by Gasteiger charge is 2.25. The van der Waals surface area contributed by atoms with Gasteiger partial charge in [-0.3, -0.25) is 19.6 Å². The second kappa shape index (κ2) is 8.96. The zero-order valence-electron chi connectivity index (χ0n) is 15.9. The zero-order valence-corrected chi connectivity index (χ0v) is 16.7. The van der Waals surface area contributed by atoms with Crippen molar-refractivity contribution in [3.8, 4) is 5.69 Å². The molecular formula is C17H23FN6O2S. The molecule has 146 valence electrons. The smallest absolute Gasteiger partial charge is 0.321 e. The maximum atomic E-state index is 13.3. The van der Waals surface area contributed by atoms with Crippen LogP contribution in [-0.2, 0) is 4.79 Å². The van der Waals surface area contributed by atoms with Gasteiger partial charge in [-0.15, -0.1) is 10.2 Å². The fourth-order valence-electron chi connectivity index (χ4n) is 2.18. The summed E-state index contributed by atoms with van der Waals surface area (Å²) in [6.45, 7) is 3.64. The molecule has 1 aromatic carbocycles. The molecule has 0 aliphatic carbocycles. The minimum Gasteiger partial charge on any atom is -0.341 e. The Morgan fingerprint density at radius 1 is 1.19 bits per heavy atom. The summed E-state index contributed by atoms with van der Waals surface area (Å²) in [5.41, 5.74) is 0.687. The number of rotatable bonds is 6. The average molecular weight is 394 g/mol. The first-order valence-corrected chi connectivity index (χ1v) is 9.19. The van der Waals surface area contributed by atoms with Gasteiger partial charge in [0.15, 0.2) is 11.0 Å². The van der Waals surface area contributed by atoms with Crippen molar-refractivity contribution in [2.75, 3.05) is 21.1 Å². The standard InChI is InChI=1S/C17H23FN6O2S/c1-10(23(4)5)14-21-22-17(24(14)13-8-6-12(18)7-9-13)27-11(2)15(25)20-16(26)19-3/h6-11H,1-5H3,(H2,19,20,25,26)/t10-,11-/m0/s1. The van der Waals surface area contributed by atoms with Crippen LogP contribution in [0.1, 0.15) is 25.7 Å². The quantitative estimate of drug-likeness (QED) is 0.728. The Morgan fingerprint density at radius 3 is 2.37 bits per heavy atom. The number of hydrogen-bond acceptors (Lipinski definition) is 6. The van der Waals surface area contributed by atoms with E-state index < -0.39 is 17.2 Å². The molecule has 1 aromatic heterocycles. The Labute approximate surface area is 161 Å². The van der Waals surface area contributed by atoms with Crippen LogP contribution in [0.4, 0.5) is 9.18 Å². The highest BCUT2D eigenvalue weighted by molar-refractivity contribution is 8.00. The molecule has 0 radical (unpaired) electrons. The van der Waals surface area contributed by atoms with Crippen LogP contribution in [0.5, 0.6) is 0 Å². The minimum atomic E-state index is -0.590. The lowest BCUT2D eigenvalue weighted by Crippen LogP contribution is -2.41. The zero-order chi connectivity index (χ0) is 20.1. The highest BCUT2D eigenvalue weighted by Crippen LogP contribution is 2.29. The second-order valence-corrected chi connectivity index (χ2v) is 7.43. The minimum absolute atomic E-state index is 0.0631.